The van der Waals surface area contributed by atoms with Crippen LogP contribution in [0.2, 0.25) is 0 Å². The lowest BCUT2D eigenvalue weighted by Crippen LogP contribution is -2.03. The molecule has 0 bridgehead atoms. The van der Waals surface area contributed by atoms with Gasteiger partial charge in [0, 0.05) is 11.5 Å². The number of hydrogen-bond acceptors (Lipinski definition) is 5. The Labute approximate surface area is 177 Å². The smallest absolute Gasteiger partial charge is 0.346 e. The fourth-order valence-electron chi connectivity index (χ4n) is 3.43. The fraction of sp³-hybridized carbons (Fsp3) is 0.120. The molecule has 0 fully saturated rings. The summed E-state index contributed by atoms with van der Waals surface area (Å²) in [6, 6.07) is 21.6. The fourth-order valence-corrected chi connectivity index (χ4v) is 4.40. The number of aryl methyl sites for hydroxylation is 2. The molecule has 0 spiro atoms. The van der Waals surface area contributed by atoms with Crippen LogP contribution in [0.15, 0.2) is 75.9 Å². The van der Waals surface area contributed by atoms with Gasteiger partial charge in [0.25, 0.3) is 0 Å². The van der Waals surface area contributed by atoms with Crippen LogP contribution in [0.25, 0.3) is 31.8 Å². The van der Waals surface area contributed by atoms with Crippen LogP contribution in [0.5, 0.6) is 5.75 Å². The van der Waals surface area contributed by atoms with Crippen molar-refractivity contribution in [1.82, 2.24) is 4.98 Å². The second kappa shape index (κ2) is 7.43. The third-order valence-corrected chi connectivity index (χ3v) is 6.20. The zero-order valence-corrected chi connectivity index (χ0v) is 17.5. The van der Waals surface area contributed by atoms with Crippen LogP contribution in [-0.2, 0) is 6.61 Å². The predicted molar refractivity (Wildman–Crippen MR) is 121 cm³/mol. The summed E-state index contributed by atoms with van der Waals surface area (Å²) in [6.45, 7) is 4.60. The van der Waals surface area contributed by atoms with Crippen molar-refractivity contribution >= 4 is 32.5 Å². The van der Waals surface area contributed by atoms with E-state index < -0.39 is 5.63 Å². The summed E-state index contributed by atoms with van der Waals surface area (Å²) >= 11 is 1.49. The number of thiazole rings is 1. The van der Waals surface area contributed by atoms with Crippen molar-refractivity contribution in [3.8, 4) is 16.3 Å². The Morgan fingerprint density at radius 2 is 1.87 bits per heavy atom. The van der Waals surface area contributed by atoms with E-state index in [0.29, 0.717) is 28.5 Å². The first kappa shape index (κ1) is 18.6. The van der Waals surface area contributed by atoms with Gasteiger partial charge < -0.3 is 9.15 Å². The van der Waals surface area contributed by atoms with Crippen LogP contribution in [-0.4, -0.2) is 4.98 Å². The van der Waals surface area contributed by atoms with Crippen molar-refractivity contribution in [3.05, 3.63) is 93.8 Å². The molecule has 2 heterocycles. The molecule has 5 aromatic rings. The first-order valence-electron chi connectivity index (χ1n) is 9.69. The van der Waals surface area contributed by atoms with Crippen molar-refractivity contribution in [2.45, 2.75) is 20.5 Å². The number of para-hydroxylation sites is 1. The van der Waals surface area contributed by atoms with Gasteiger partial charge in [-0.05, 0) is 55.3 Å². The van der Waals surface area contributed by atoms with Crippen LogP contribution >= 0.6 is 11.3 Å². The highest BCUT2D eigenvalue weighted by Gasteiger charge is 2.13. The van der Waals surface area contributed by atoms with Crippen LogP contribution in [0.3, 0.4) is 0 Å². The van der Waals surface area contributed by atoms with Crippen LogP contribution in [0, 0.1) is 13.8 Å². The van der Waals surface area contributed by atoms with Gasteiger partial charge in [-0.1, -0.05) is 35.9 Å². The van der Waals surface area contributed by atoms with Crippen molar-refractivity contribution < 1.29 is 9.15 Å². The SMILES string of the molecule is Cc1ccc(C)c(COc2ccc3cc(-c4nc5ccccc5s4)c(=O)oc3c2)c1. The minimum absolute atomic E-state index is 0.395. The average Bonchev–Trinajstić information content (AvgIpc) is 3.17. The molecule has 0 saturated heterocycles. The Bertz CT molecular complexity index is 1420. The molecule has 0 aliphatic carbocycles. The van der Waals surface area contributed by atoms with E-state index in [-0.39, 0.29) is 0 Å². The van der Waals surface area contributed by atoms with E-state index in [0.717, 1.165) is 21.2 Å². The van der Waals surface area contributed by atoms with Crippen LogP contribution in [0.4, 0.5) is 0 Å². The van der Waals surface area contributed by atoms with Gasteiger partial charge in [0.2, 0.25) is 0 Å². The lowest BCUT2D eigenvalue weighted by atomic mass is 10.1. The third kappa shape index (κ3) is 3.48. The number of aromatic nitrogens is 1. The third-order valence-electron chi connectivity index (χ3n) is 5.13. The first-order valence-corrected chi connectivity index (χ1v) is 10.5. The quantitative estimate of drug-likeness (QED) is 0.326. The molecule has 0 unspecified atom stereocenters. The van der Waals surface area contributed by atoms with E-state index in [9.17, 15) is 4.79 Å². The van der Waals surface area contributed by atoms with Gasteiger partial charge in [-0.15, -0.1) is 11.3 Å². The number of ether oxygens (including phenoxy) is 1. The van der Waals surface area contributed by atoms with E-state index >= 15 is 0 Å². The first-order chi connectivity index (χ1) is 14.6. The highest BCUT2D eigenvalue weighted by molar-refractivity contribution is 7.21. The van der Waals surface area contributed by atoms with Crippen LogP contribution < -0.4 is 10.4 Å². The van der Waals surface area contributed by atoms with Crippen molar-refractivity contribution in [3.63, 3.8) is 0 Å². The van der Waals surface area contributed by atoms with E-state index in [2.05, 4.69) is 37.0 Å². The Hall–Kier alpha value is -3.44. The van der Waals surface area contributed by atoms with E-state index in [1.165, 1.54) is 22.5 Å². The molecule has 0 aliphatic rings. The Morgan fingerprint density at radius 1 is 1.00 bits per heavy atom. The monoisotopic (exact) mass is 413 g/mol. The van der Waals surface area contributed by atoms with E-state index in [1.54, 1.807) is 6.07 Å². The number of benzene rings is 3. The lowest BCUT2D eigenvalue weighted by Gasteiger charge is -2.10. The van der Waals surface area contributed by atoms with Gasteiger partial charge in [0.15, 0.2) is 0 Å². The molecule has 0 saturated carbocycles. The summed E-state index contributed by atoms with van der Waals surface area (Å²) in [5.41, 5.74) is 5.00. The number of hydrogen-bond donors (Lipinski definition) is 0. The van der Waals surface area contributed by atoms with Gasteiger partial charge in [0.1, 0.15) is 22.9 Å². The molecule has 3 aromatic carbocycles. The maximum atomic E-state index is 12.6. The standard InChI is InChI=1S/C25H19NO3S/c1-15-7-8-16(2)18(11-15)14-28-19-10-9-17-12-20(25(27)29-22(17)13-19)24-26-21-5-3-4-6-23(21)30-24/h3-13H,14H2,1-2H3. The summed E-state index contributed by atoms with van der Waals surface area (Å²) in [5.74, 6) is 0.666. The molecule has 0 amide bonds. The number of fused-ring (bicyclic) bond motifs is 2. The van der Waals surface area contributed by atoms with Crippen molar-refractivity contribution in [1.29, 1.82) is 0 Å². The molecular formula is C25H19NO3S. The van der Waals surface area contributed by atoms with Gasteiger partial charge in [0.05, 0.1) is 15.8 Å². The molecule has 0 aliphatic heterocycles. The minimum Gasteiger partial charge on any atom is -0.489 e. The second-order valence-corrected chi connectivity index (χ2v) is 8.38. The molecule has 2 aromatic heterocycles. The summed E-state index contributed by atoms with van der Waals surface area (Å²) in [4.78, 5) is 17.2. The molecule has 30 heavy (non-hydrogen) atoms. The minimum atomic E-state index is -0.395. The highest BCUT2D eigenvalue weighted by atomic mass is 32.1. The number of nitrogens with zero attached hydrogens (tertiary/aromatic N) is 1. The maximum Gasteiger partial charge on any atom is 0.346 e. The zero-order chi connectivity index (χ0) is 20.7. The zero-order valence-electron chi connectivity index (χ0n) is 16.6. The van der Waals surface area contributed by atoms with Crippen molar-refractivity contribution in [2.75, 3.05) is 0 Å². The molecule has 5 rings (SSSR count). The summed E-state index contributed by atoms with van der Waals surface area (Å²) in [6.07, 6.45) is 0. The van der Waals surface area contributed by atoms with Gasteiger partial charge in [-0.3, -0.25) is 0 Å². The second-order valence-electron chi connectivity index (χ2n) is 7.35. The topological polar surface area (TPSA) is 52.3 Å². The molecule has 148 valence electrons. The van der Waals surface area contributed by atoms with Gasteiger partial charge in [-0.25, -0.2) is 9.78 Å². The molecule has 0 N–H and O–H groups in total. The Balaban J connectivity index is 1.46. The maximum absolute atomic E-state index is 12.6. The Kier molecular flexibility index (Phi) is 4.60. The molecular weight excluding hydrogens is 394 g/mol. The van der Waals surface area contributed by atoms with Gasteiger partial charge in [-0.2, -0.15) is 0 Å². The molecule has 0 atom stereocenters. The Morgan fingerprint density at radius 3 is 2.73 bits per heavy atom. The summed E-state index contributed by atoms with van der Waals surface area (Å²) in [5, 5.41) is 1.50. The largest absolute Gasteiger partial charge is 0.489 e. The molecule has 4 nitrogen and oxygen atoms in total. The van der Waals surface area contributed by atoms with Crippen molar-refractivity contribution in [2.24, 2.45) is 0 Å². The molecule has 0 radical (unpaired) electrons. The van der Waals surface area contributed by atoms with Gasteiger partial charge >= 0.3 is 5.63 Å². The lowest BCUT2D eigenvalue weighted by molar-refractivity contribution is 0.305. The highest BCUT2D eigenvalue weighted by Crippen LogP contribution is 2.30. The number of rotatable bonds is 4. The molecule has 5 heteroatoms. The normalized spacial score (nSPS) is 11.3. The van der Waals surface area contributed by atoms with Crippen LogP contribution in [0.1, 0.15) is 16.7 Å². The average molecular weight is 413 g/mol. The predicted octanol–water partition coefficient (Wildman–Crippen LogP) is 6.27. The summed E-state index contributed by atoms with van der Waals surface area (Å²) < 4.78 is 12.6. The summed E-state index contributed by atoms with van der Waals surface area (Å²) in [7, 11) is 0. The van der Waals surface area contributed by atoms with E-state index in [4.69, 9.17) is 9.15 Å². The van der Waals surface area contributed by atoms with E-state index in [1.807, 2.05) is 42.5 Å².